The van der Waals surface area contributed by atoms with E-state index in [4.69, 9.17) is 0 Å². The molecular formula is C24H17NO3. The molecule has 0 aliphatic heterocycles. The Balaban J connectivity index is 1.45. The van der Waals surface area contributed by atoms with Gasteiger partial charge >= 0.3 is 0 Å². The van der Waals surface area contributed by atoms with Crippen LogP contribution >= 0.6 is 0 Å². The van der Waals surface area contributed by atoms with Gasteiger partial charge in [-0.05, 0) is 16.7 Å². The predicted octanol–water partition coefficient (Wildman–Crippen LogP) is 3.98. The minimum Gasteiger partial charge on any atom is -0.322 e. The van der Waals surface area contributed by atoms with Crippen molar-refractivity contribution in [2.24, 2.45) is 0 Å². The Hall–Kier alpha value is -3.79. The number of hydrogen-bond acceptors (Lipinski definition) is 3. The lowest BCUT2D eigenvalue weighted by Gasteiger charge is -2.15. The summed E-state index contributed by atoms with van der Waals surface area (Å²) >= 11 is 0. The molecular weight excluding hydrogens is 350 g/mol. The van der Waals surface area contributed by atoms with E-state index in [9.17, 15) is 14.4 Å². The number of carbonyl (C=O) groups is 3. The summed E-state index contributed by atoms with van der Waals surface area (Å²) in [7, 11) is 0. The third-order valence-electron chi connectivity index (χ3n) is 4.66. The van der Waals surface area contributed by atoms with E-state index >= 15 is 0 Å². The fourth-order valence-corrected chi connectivity index (χ4v) is 3.23. The lowest BCUT2D eigenvalue weighted by Crippen LogP contribution is -2.32. The van der Waals surface area contributed by atoms with Gasteiger partial charge in [0.1, 0.15) is 0 Å². The highest BCUT2D eigenvalue weighted by molar-refractivity contribution is 6.25. The van der Waals surface area contributed by atoms with Gasteiger partial charge in [0.15, 0.2) is 5.78 Å². The lowest BCUT2D eigenvalue weighted by molar-refractivity contribution is -0.119. The highest BCUT2D eigenvalue weighted by Crippen LogP contribution is 2.21. The Morgan fingerprint density at radius 1 is 0.714 bits per heavy atom. The maximum absolute atomic E-state index is 12.5. The van der Waals surface area contributed by atoms with Crippen molar-refractivity contribution < 1.29 is 14.4 Å². The first-order valence-electron chi connectivity index (χ1n) is 8.96. The van der Waals surface area contributed by atoms with Gasteiger partial charge in [-0.15, -0.1) is 0 Å². The highest BCUT2D eigenvalue weighted by Gasteiger charge is 2.26. The van der Waals surface area contributed by atoms with Gasteiger partial charge in [0.25, 0.3) is 0 Å². The summed E-state index contributed by atoms with van der Waals surface area (Å²) in [4.78, 5) is 37.1. The molecule has 1 aliphatic rings. The maximum atomic E-state index is 12.5. The zero-order chi connectivity index (χ0) is 19.5. The summed E-state index contributed by atoms with van der Waals surface area (Å²) in [6.45, 7) is 0. The summed E-state index contributed by atoms with van der Waals surface area (Å²) in [5.41, 5.74) is 3.70. The van der Waals surface area contributed by atoms with Crippen LogP contribution in [0.15, 0.2) is 90.6 Å². The average molecular weight is 367 g/mol. The van der Waals surface area contributed by atoms with Crippen LogP contribution in [0.4, 0.5) is 0 Å². The van der Waals surface area contributed by atoms with E-state index in [1.54, 1.807) is 24.3 Å². The van der Waals surface area contributed by atoms with Crippen molar-refractivity contribution in [3.8, 4) is 11.1 Å². The molecule has 4 heteroatoms. The van der Waals surface area contributed by atoms with E-state index < -0.39 is 0 Å². The van der Waals surface area contributed by atoms with Gasteiger partial charge in [0.2, 0.25) is 11.7 Å². The van der Waals surface area contributed by atoms with Crippen LogP contribution in [-0.2, 0) is 11.2 Å². The Kier molecular flexibility index (Phi) is 4.68. The fourth-order valence-electron chi connectivity index (χ4n) is 3.23. The van der Waals surface area contributed by atoms with Gasteiger partial charge in [0, 0.05) is 17.2 Å². The first-order chi connectivity index (χ1) is 13.6. The van der Waals surface area contributed by atoms with Crippen molar-refractivity contribution in [1.82, 2.24) is 5.32 Å². The zero-order valence-electron chi connectivity index (χ0n) is 15.0. The molecule has 1 N–H and O–H groups in total. The standard InChI is InChI=1S/C24H17NO3/c26-22-15-21(24(28)20-9-5-4-8-19(20)22)25-23(27)14-16-10-12-18(13-11-16)17-6-2-1-3-7-17/h1-13,15H,14H2,(H,25,27). The molecule has 0 saturated heterocycles. The van der Waals surface area contributed by atoms with Crippen molar-refractivity contribution in [2.45, 2.75) is 6.42 Å². The lowest BCUT2D eigenvalue weighted by atomic mass is 9.92. The number of nitrogens with one attached hydrogen (secondary N) is 1. The maximum Gasteiger partial charge on any atom is 0.228 e. The van der Waals surface area contributed by atoms with Crippen molar-refractivity contribution in [2.75, 3.05) is 0 Å². The van der Waals surface area contributed by atoms with Crippen molar-refractivity contribution in [3.05, 3.63) is 107 Å². The quantitative estimate of drug-likeness (QED) is 0.759. The first-order valence-corrected chi connectivity index (χ1v) is 8.96. The molecule has 0 bridgehead atoms. The van der Waals surface area contributed by atoms with Crippen molar-refractivity contribution in [3.63, 3.8) is 0 Å². The molecule has 136 valence electrons. The van der Waals surface area contributed by atoms with Crippen LogP contribution in [0.25, 0.3) is 11.1 Å². The Bertz CT molecular complexity index is 1100. The smallest absolute Gasteiger partial charge is 0.228 e. The molecule has 0 spiro atoms. The van der Waals surface area contributed by atoms with Gasteiger partial charge in [-0.2, -0.15) is 0 Å². The van der Waals surface area contributed by atoms with Crippen molar-refractivity contribution in [1.29, 1.82) is 0 Å². The molecule has 0 saturated carbocycles. The number of ketones is 2. The minimum absolute atomic E-state index is 0.0228. The van der Waals surface area contributed by atoms with Crippen molar-refractivity contribution >= 4 is 17.5 Å². The molecule has 28 heavy (non-hydrogen) atoms. The molecule has 4 rings (SSSR count). The fraction of sp³-hybridized carbons (Fsp3) is 0.0417. The molecule has 1 aliphatic carbocycles. The van der Waals surface area contributed by atoms with E-state index in [0.29, 0.717) is 11.1 Å². The zero-order valence-corrected chi connectivity index (χ0v) is 15.0. The number of allylic oxidation sites excluding steroid dienone is 2. The van der Waals surface area contributed by atoms with E-state index in [1.165, 1.54) is 6.08 Å². The number of fused-ring (bicyclic) bond motifs is 1. The van der Waals surface area contributed by atoms with Crippen LogP contribution in [0.5, 0.6) is 0 Å². The summed E-state index contributed by atoms with van der Waals surface area (Å²) in [6.07, 6.45) is 1.32. The number of amides is 1. The van der Waals surface area contributed by atoms with E-state index in [1.807, 2.05) is 54.6 Å². The third kappa shape index (κ3) is 3.53. The Morgan fingerprint density at radius 2 is 1.32 bits per heavy atom. The second kappa shape index (κ2) is 7.45. The molecule has 0 radical (unpaired) electrons. The molecule has 0 fully saturated rings. The molecule has 0 heterocycles. The van der Waals surface area contributed by atoms with E-state index in [2.05, 4.69) is 5.32 Å². The van der Waals surface area contributed by atoms with Crippen LogP contribution in [0.1, 0.15) is 26.3 Å². The Labute approximate surface area is 162 Å². The van der Waals surface area contributed by atoms with Gasteiger partial charge in [-0.1, -0.05) is 78.9 Å². The van der Waals surface area contributed by atoms with Gasteiger partial charge < -0.3 is 5.32 Å². The average Bonchev–Trinajstić information content (AvgIpc) is 2.73. The minimum atomic E-state index is -0.344. The number of rotatable bonds is 4. The normalized spacial score (nSPS) is 12.9. The van der Waals surface area contributed by atoms with Crippen LogP contribution in [0.2, 0.25) is 0 Å². The summed E-state index contributed by atoms with van der Waals surface area (Å²) in [5, 5.41) is 2.59. The molecule has 1 amide bonds. The van der Waals surface area contributed by atoms with Crippen LogP contribution in [0, 0.1) is 0 Å². The van der Waals surface area contributed by atoms with E-state index in [-0.39, 0.29) is 29.6 Å². The third-order valence-corrected chi connectivity index (χ3v) is 4.66. The highest BCUT2D eigenvalue weighted by atomic mass is 16.2. The topological polar surface area (TPSA) is 63.2 Å². The number of carbonyl (C=O) groups excluding carboxylic acids is 3. The van der Waals surface area contributed by atoms with Gasteiger partial charge in [-0.25, -0.2) is 0 Å². The van der Waals surface area contributed by atoms with Gasteiger partial charge in [0.05, 0.1) is 12.1 Å². The predicted molar refractivity (Wildman–Crippen MR) is 107 cm³/mol. The number of hydrogen-bond donors (Lipinski definition) is 1. The summed E-state index contributed by atoms with van der Waals surface area (Å²) in [5.74, 6) is -0.958. The second-order valence-electron chi connectivity index (χ2n) is 6.58. The summed E-state index contributed by atoms with van der Waals surface area (Å²) in [6, 6.07) is 24.3. The first kappa shape index (κ1) is 17.6. The molecule has 3 aromatic rings. The number of Topliss-reactive ketones (excluding diaryl/α,β-unsaturated/α-hetero) is 1. The van der Waals surface area contributed by atoms with Gasteiger partial charge in [-0.3, -0.25) is 14.4 Å². The summed E-state index contributed by atoms with van der Waals surface area (Å²) < 4.78 is 0. The molecule has 0 aromatic heterocycles. The Morgan fingerprint density at radius 3 is 2.04 bits per heavy atom. The van der Waals surface area contributed by atoms with Crippen LogP contribution in [0.3, 0.4) is 0 Å². The molecule has 4 nitrogen and oxygen atoms in total. The second-order valence-corrected chi connectivity index (χ2v) is 6.58. The van der Waals surface area contributed by atoms with Crippen LogP contribution in [-0.4, -0.2) is 17.5 Å². The molecule has 3 aromatic carbocycles. The molecule has 0 unspecified atom stereocenters. The van der Waals surface area contributed by atoms with E-state index in [0.717, 1.165) is 16.7 Å². The SMILES string of the molecule is O=C(Cc1ccc(-c2ccccc2)cc1)NC1=CC(=O)c2ccccc2C1=O. The monoisotopic (exact) mass is 367 g/mol. The molecule has 0 atom stereocenters. The van der Waals surface area contributed by atoms with Crippen LogP contribution < -0.4 is 5.32 Å². The largest absolute Gasteiger partial charge is 0.322 e. The number of benzene rings is 3.